The number of fused-ring (bicyclic) bond motifs is 5. The van der Waals surface area contributed by atoms with E-state index in [4.69, 9.17) is 4.74 Å². The monoisotopic (exact) mass is 547 g/mol. The molecule has 2 heteroatoms. The molecule has 6 aromatic carbocycles. The number of ether oxygens (including phenoxy) is 1. The van der Waals surface area contributed by atoms with E-state index in [1.54, 1.807) is 0 Å². The summed E-state index contributed by atoms with van der Waals surface area (Å²) in [7, 11) is 0. The summed E-state index contributed by atoms with van der Waals surface area (Å²) >= 11 is 0. The van der Waals surface area contributed by atoms with Gasteiger partial charge in [0, 0.05) is 16.5 Å². The minimum absolute atomic E-state index is 0.616. The predicted octanol–water partition coefficient (Wildman–Crippen LogP) is 11.4. The first-order chi connectivity index (χ1) is 20.7. The third kappa shape index (κ3) is 4.71. The molecule has 208 valence electrons. The molecule has 0 aliphatic heterocycles. The molecule has 1 atom stereocenters. The summed E-state index contributed by atoms with van der Waals surface area (Å²) < 4.78 is 8.66. The zero-order chi connectivity index (χ0) is 28.5. The Morgan fingerprint density at radius 1 is 0.619 bits per heavy atom. The fourth-order valence-corrected chi connectivity index (χ4v) is 6.53. The minimum atomic E-state index is 0.616. The molecule has 7 rings (SSSR count). The van der Waals surface area contributed by atoms with Crippen LogP contribution in [-0.2, 0) is 0 Å². The van der Waals surface area contributed by atoms with Crippen molar-refractivity contribution in [2.75, 3.05) is 6.61 Å². The Labute approximate surface area is 248 Å². The number of aromatic nitrogens is 1. The van der Waals surface area contributed by atoms with Gasteiger partial charge in [0.15, 0.2) is 0 Å². The van der Waals surface area contributed by atoms with Crippen molar-refractivity contribution in [1.82, 2.24) is 4.57 Å². The molecule has 7 aromatic rings. The largest absolute Gasteiger partial charge is 0.493 e. The molecule has 0 saturated carbocycles. The maximum absolute atomic E-state index is 6.25. The second kappa shape index (κ2) is 11.4. The Bertz CT molecular complexity index is 1960. The van der Waals surface area contributed by atoms with Crippen LogP contribution in [0.2, 0.25) is 0 Å². The lowest BCUT2D eigenvalue weighted by Crippen LogP contribution is -2.11. The summed E-state index contributed by atoms with van der Waals surface area (Å²) in [5.41, 5.74) is 6.10. The first-order valence-corrected chi connectivity index (χ1v) is 15.4. The van der Waals surface area contributed by atoms with Crippen molar-refractivity contribution in [3.05, 3.63) is 121 Å². The van der Waals surface area contributed by atoms with Crippen molar-refractivity contribution in [2.45, 2.75) is 39.5 Å². The fraction of sp³-hybridized carbons (Fsp3) is 0.200. The van der Waals surface area contributed by atoms with E-state index in [1.165, 1.54) is 73.7 Å². The molecule has 0 aliphatic carbocycles. The first kappa shape index (κ1) is 26.3. The van der Waals surface area contributed by atoms with Crippen LogP contribution in [0.25, 0.3) is 60.2 Å². The van der Waals surface area contributed by atoms with Gasteiger partial charge in [0.05, 0.1) is 17.6 Å². The van der Waals surface area contributed by atoms with Gasteiger partial charge in [-0.25, -0.2) is 0 Å². The van der Waals surface area contributed by atoms with Crippen LogP contribution in [0, 0.1) is 5.92 Å². The number of nitrogens with zero attached hydrogens (tertiary/aromatic N) is 1. The van der Waals surface area contributed by atoms with Crippen molar-refractivity contribution in [3.8, 4) is 22.6 Å². The molecule has 0 aliphatic rings. The van der Waals surface area contributed by atoms with Crippen LogP contribution in [0.1, 0.15) is 39.5 Å². The summed E-state index contributed by atoms with van der Waals surface area (Å²) in [5.74, 6) is 1.56. The normalized spacial score (nSPS) is 12.4. The molecule has 0 saturated heterocycles. The highest BCUT2D eigenvalue weighted by Gasteiger charge is 2.16. The zero-order valence-electron chi connectivity index (χ0n) is 24.5. The van der Waals surface area contributed by atoms with Gasteiger partial charge < -0.3 is 9.30 Å². The van der Waals surface area contributed by atoms with Gasteiger partial charge in [0.25, 0.3) is 0 Å². The molecular formula is C40H37NO. The van der Waals surface area contributed by atoms with E-state index < -0.39 is 0 Å². The molecule has 0 bridgehead atoms. The average Bonchev–Trinajstić information content (AvgIpc) is 3.37. The summed E-state index contributed by atoms with van der Waals surface area (Å²) in [6.45, 7) is 5.31. The Kier molecular flexibility index (Phi) is 7.13. The summed E-state index contributed by atoms with van der Waals surface area (Å²) in [4.78, 5) is 0. The Morgan fingerprint density at radius 2 is 1.26 bits per heavy atom. The average molecular weight is 548 g/mol. The highest BCUT2D eigenvalue weighted by atomic mass is 16.5. The fourth-order valence-electron chi connectivity index (χ4n) is 6.53. The summed E-state index contributed by atoms with van der Waals surface area (Å²) in [6.07, 6.45) is 4.90. The van der Waals surface area contributed by atoms with Crippen LogP contribution in [-0.4, -0.2) is 11.2 Å². The highest BCUT2D eigenvalue weighted by Crippen LogP contribution is 2.40. The number of benzene rings is 6. The van der Waals surface area contributed by atoms with E-state index in [0.717, 1.165) is 24.5 Å². The lowest BCUT2D eigenvalue weighted by molar-refractivity contribution is 0.233. The van der Waals surface area contributed by atoms with Gasteiger partial charge in [-0.05, 0) is 87.5 Å². The van der Waals surface area contributed by atoms with E-state index in [-0.39, 0.29) is 0 Å². The van der Waals surface area contributed by atoms with E-state index in [2.05, 4.69) is 140 Å². The van der Waals surface area contributed by atoms with Crippen LogP contribution in [0.3, 0.4) is 0 Å². The third-order valence-electron chi connectivity index (χ3n) is 8.86. The summed E-state index contributed by atoms with van der Waals surface area (Å²) in [5, 5.41) is 7.63. The van der Waals surface area contributed by atoms with Crippen LogP contribution in [0.5, 0.6) is 5.75 Å². The Balaban J connectivity index is 1.35. The maximum Gasteiger partial charge on any atom is 0.119 e. The molecule has 0 radical (unpaired) electrons. The molecule has 0 amide bonds. The van der Waals surface area contributed by atoms with Crippen LogP contribution in [0.15, 0.2) is 121 Å². The van der Waals surface area contributed by atoms with E-state index >= 15 is 0 Å². The maximum atomic E-state index is 6.25. The molecule has 1 unspecified atom stereocenters. The smallest absolute Gasteiger partial charge is 0.119 e. The minimum Gasteiger partial charge on any atom is -0.493 e. The molecule has 0 fully saturated rings. The van der Waals surface area contributed by atoms with Gasteiger partial charge in [-0.15, -0.1) is 0 Å². The summed E-state index contributed by atoms with van der Waals surface area (Å²) in [6, 6.07) is 44.2. The zero-order valence-corrected chi connectivity index (χ0v) is 24.5. The lowest BCUT2D eigenvalue weighted by atomic mass is 9.91. The SMILES string of the molecule is CCCCC(CC)COc1ccc(-n2c3ccccc3c3ccc(-c4c5ccccc5cc5ccccc45)cc32)cc1. The Hall–Kier alpha value is -4.56. The molecule has 42 heavy (non-hydrogen) atoms. The number of hydrogen-bond acceptors (Lipinski definition) is 1. The van der Waals surface area contributed by atoms with Gasteiger partial charge in [0.2, 0.25) is 0 Å². The number of rotatable bonds is 9. The molecule has 1 aromatic heterocycles. The number of hydrogen-bond donors (Lipinski definition) is 0. The van der Waals surface area contributed by atoms with Crippen LogP contribution >= 0.6 is 0 Å². The van der Waals surface area contributed by atoms with Crippen LogP contribution < -0.4 is 4.74 Å². The van der Waals surface area contributed by atoms with Gasteiger partial charge in [-0.2, -0.15) is 0 Å². The van der Waals surface area contributed by atoms with E-state index in [1.807, 2.05) is 0 Å². The Morgan fingerprint density at radius 3 is 1.95 bits per heavy atom. The quantitative estimate of drug-likeness (QED) is 0.164. The van der Waals surface area contributed by atoms with Crippen LogP contribution in [0.4, 0.5) is 0 Å². The molecule has 1 heterocycles. The predicted molar refractivity (Wildman–Crippen MR) is 180 cm³/mol. The van der Waals surface area contributed by atoms with Crippen molar-refractivity contribution in [2.24, 2.45) is 5.92 Å². The molecule has 0 N–H and O–H groups in total. The van der Waals surface area contributed by atoms with Crippen molar-refractivity contribution in [1.29, 1.82) is 0 Å². The molecular weight excluding hydrogens is 510 g/mol. The van der Waals surface area contributed by atoms with E-state index in [0.29, 0.717) is 5.92 Å². The topological polar surface area (TPSA) is 14.2 Å². The second-order valence-electron chi connectivity index (χ2n) is 11.5. The molecule has 0 spiro atoms. The standard InChI is InChI=1S/C40H37NO/c1-3-5-12-28(4-2)27-42-33-22-20-32(21-23-33)41-38-18-11-10-17-36(38)37-24-19-31(26-39(37)41)40-34-15-8-6-13-29(34)25-30-14-7-9-16-35(30)40/h6-11,13-26,28H,3-5,12,27H2,1-2H3. The van der Waals surface area contributed by atoms with Gasteiger partial charge >= 0.3 is 0 Å². The van der Waals surface area contributed by atoms with Crippen molar-refractivity contribution in [3.63, 3.8) is 0 Å². The number of para-hydroxylation sites is 1. The third-order valence-corrected chi connectivity index (χ3v) is 8.86. The highest BCUT2D eigenvalue weighted by molar-refractivity contribution is 6.15. The lowest BCUT2D eigenvalue weighted by Gasteiger charge is -2.16. The van der Waals surface area contributed by atoms with Crippen molar-refractivity contribution < 1.29 is 4.74 Å². The first-order valence-electron chi connectivity index (χ1n) is 15.4. The second-order valence-corrected chi connectivity index (χ2v) is 11.5. The van der Waals surface area contributed by atoms with E-state index in [9.17, 15) is 0 Å². The number of unbranched alkanes of at least 4 members (excludes halogenated alkanes) is 1. The van der Waals surface area contributed by atoms with Gasteiger partial charge in [-0.3, -0.25) is 0 Å². The van der Waals surface area contributed by atoms with Crippen molar-refractivity contribution >= 4 is 43.4 Å². The molecule has 2 nitrogen and oxygen atoms in total. The van der Waals surface area contributed by atoms with Gasteiger partial charge in [0.1, 0.15) is 5.75 Å². The van der Waals surface area contributed by atoms with Gasteiger partial charge in [-0.1, -0.05) is 112 Å².